The second kappa shape index (κ2) is 12.0. The van der Waals surface area contributed by atoms with Gasteiger partial charge in [-0.15, -0.1) is 0 Å². The zero-order valence-corrected chi connectivity index (χ0v) is 20.0. The number of aromatic nitrogens is 1. The minimum Gasteiger partial charge on any atom is -0.497 e. The molecule has 3 aromatic rings. The fraction of sp³-hybridized carbons (Fsp3) is 0.370. The Morgan fingerprint density at radius 3 is 2.27 bits per heavy atom. The lowest BCUT2D eigenvalue weighted by molar-refractivity contribution is 0.0735. The zero-order chi connectivity index (χ0) is 23.6. The van der Waals surface area contributed by atoms with E-state index in [0.29, 0.717) is 36.7 Å². The molecule has 0 aliphatic carbocycles. The molecule has 1 aromatic heterocycles. The van der Waals surface area contributed by atoms with Gasteiger partial charge in [0, 0.05) is 36.6 Å². The highest BCUT2D eigenvalue weighted by atomic mass is 16.5. The van der Waals surface area contributed by atoms with Crippen LogP contribution in [0.1, 0.15) is 47.8 Å². The van der Waals surface area contributed by atoms with Gasteiger partial charge in [-0.1, -0.05) is 31.9 Å². The molecule has 6 heteroatoms. The fourth-order valence-electron chi connectivity index (χ4n) is 3.83. The van der Waals surface area contributed by atoms with E-state index in [4.69, 9.17) is 14.2 Å². The van der Waals surface area contributed by atoms with Gasteiger partial charge in [-0.05, 0) is 48.4 Å². The maximum absolute atomic E-state index is 13.5. The van der Waals surface area contributed by atoms with Crippen molar-refractivity contribution in [3.05, 3.63) is 77.6 Å². The largest absolute Gasteiger partial charge is 0.497 e. The van der Waals surface area contributed by atoms with E-state index >= 15 is 0 Å². The Hall–Kier alpha value is -3.41. The van der Waals surface area contributed by atoms with Gasteiger partial charge in [0.25, 0.3) is 5.91 Å². The van der Waals surface area contributed by atoms with Crippen LogP contribution in [-0.4, -0.2) is 43.2 Å². The molecule has 0 saturated carbocycles. The predicted molar refractivity (Wildman–Crippen MR) is 130 cm³/mol. The van der Waals surface area contributed by atoms with Crippen molar-refractivity contribution >= 4 is 5.91 Å². The highest BCUT2D eigenvalue weighted by molar-refractivity contribution is 5.95. The Labute approximate surface area is 196 Å². The lowest BCUT2D eigenvalue weighted by atomic mass is 10.1. The second-order valence-corrected chi connectivity index (χ2v) is 8.01. The first kappa shape index (κ1) is 24.2. The smallest absolute Gasteiger partial charge is 0.254 e. The maximum Gasteiger partial charge on any atom is 0.254 e. The van der Waals surface area contributed by atoms with Crippen LogP contribution in [0.3, 0.4) is 0 Å². The van der Waals surface area contributed by atoms with Crippen molar-refractivity contribution < 1.29 is 19.0 Å². The third-order valence-electron chi connectivity index (χ3n) is 5.68. The van der Waals surface area contributed by atoms with E-state index in [1.165, 1.54) is 0 Å². The molecule has 0 unspecified atom stereocenters. The van der Waals surface area contributed by atoms with Gasteiger partial charge < -0.3 is 23.7 Å². The summed E-state index contributed by atoms with van der Waals surface area (Å²) in [7, 11) is 4.86. The van der Waals surface area contributed by atoms with Gasteiger partial charge in [0.05, 0.1) is 27.9 Å². The van der Waals surface area contributed by atoms with Gasteiger partial charge in [-0.2, -0.15) is 0 Å². The standard InChI is InChI=1S/C27H34N2O4/c1-5-6-7-13-29(27(30)22-16-25(32-3)18-26(17-22)33-4)20-23-11-9-14-28(23)19-21-10-8-12-24(15-21)31-2/h8-12,14-18H,5-7,13,19-20H2,1-4H3. The SMILES string of the molecule is CCCCCN(Cc1cccn1Cc1cccc(OC)c1)C(=O)c1cc(OC)cc(OC)c1. The Balaban J connectivity index is 1.84. The molecule has 1 heterocycles. The van der Waals surface area contributed by atoms with Crippen LogP contribution >= 0.6 is 0 Å². The van der Waals surface area contributed by atoms with Crippen LogP contribution in [0.15, 0.2) is 60.8 Å². The van der Waals surface area contributed by atoms with E-state index in [-0.39, 0.29) is 5.91 Å². The van der Waals surface area contributed by atoms with Crippen LogP contribution in [0.4, 0.5) is 0 Å². The minimum absolute atomic E-state index is 0.0302. The van der Waals surface area contributed by atoms with Crippen LogP contribution in [-0.2, 0) is 13.1 Å². The fourth-order valence-corrected chi connectivity index (χ4v) is 3.83. The van der Waals surface area contributed by atoms with Crippen LogP contribution < -0.4 is 14.2 Å². The Kier molecular flexibility index (Phi) is 8.81. The van der Waals surface area contributed by atoms with E-state index in [2.05, 4.69) is 29.8 Å². The Morgan fingerprint density at radius 1 is 0.879 bits per heavy atom. The molecular weight excluding hydrogens is 416 g/mol. The van der Waals surface area contributed by atoms with Crippen LogP contribution in [0.5, 0.6) is 17.2 Å². The number of hydrogen-bond donors (Lipinski definition) is 0. The van der Waals surface area contributed by atoms with Crippen molar-refractivity contribution in [2.45, 2.75) is 39.3 Å². The monoisotopic (exact) mass is 450 g/mol. The molecule has 0 atom stereocenters. The van der Waals surface area contributed by atoms with E-state index in [1.807, 2.05) is 29.2 Å². The van der Waals surface area contributed by atoms with Gasteiger partial charge in [0.2, 0.25) is 0 Å². The number of hydrogen-bond acceptors (Lipinski definition) is 4. The number of unbranched alkanes of at least 4 members (excludes halogenated alkanes) is 2. The third kappa shape index (κ3) is 6.54. The molecule has 2 aromatic carbocycles. The third-order valence-corrected chi connectivity index (χ3v) is 5.68. The molecule has 6 nitrogen and oxygen atoms in total. The van der Waals surface area contributed by atoms with Crippen molar-refractivity contribution in [1.29, 1.82) is 0 Å². The van der Waals surface area contributed by atoms with Crippen molar-refractivity contribution in [3.63, 3.8) is 0 Å². The van der Waals surface area contributed by atoms with E-state index in [9.17, 15) is 4.79 Å². The molecule has 0 spiro atoms. The molecule has 1 amide bonds. The topological polar surface area (TPSA) is 52.9 Å². The highest BCUT2D eigenvalue weighted by Crippen LogP contribution is 2.24. The molecule has 176 valence electrons. The molecule has 0 saturated heterocycles. The van der Waals surface area contributed by atoms with Crippen molar-refractivity contribution in [2.24, 2.45) is 0 Å². The summed E-state index contributed by atoms with van der Waals surface area (Å²) in [5, 5.41) is 0. The molecular formula is C27H34N2O4. The number of ether oxygens (including phenoxy) is 3. The van der Waals surface area contributed by atoms with E-state index in [1.54, 1.807) is 39.5 Å². The quantitative estimate of drug-likeness (QED) is 0.347. The van der Waals surface area contributed by atoms with Crippen LogP contribution in [0, 0.1) is 0 Å². The van der Waals surface area contributed by atoms with Crippen LogP contribution in [0.25, 0.3) is 0 Å². The average molecular weight is 451 g/mol. The second-order valence-electron chi connectivity index (χ2n) is 8.01. The minimum atomic E-state index is -0.0302. The summed E-state index contributed by atoms with van der Waals surface area (Å²) in [5.41, 5.74) is 2.79. The normalized spacial score (nSPS) is 10.7. The molecule has 0 fully saturated rings. The number of nitrogens with zero attached hydrogens (tertiary/aromatic N) is 2. The lowest BCUT2D eigenvalue weighted by Crippen LogP contribution is -2.32. The van der Waals surface area contributed by atoms with Crippen molar-refractivity contribution in [3.8, 4) is 17.2 Å². The lowest BCUT2D eigenvalue weighted by Gasteiger charge is -2.24. The molecule has 0 N–H and O–H groups in total. The molecule has 33 heavy (non-hydrogen) atoms. The highest BCUT2D eigenvalue weighted by Gasteiger charge is 2.19. The van der Waals surface area contributed by atoms with Crippen molar-refractivity contribution in [2.75, 3.05) is 27.9 Å². The number of benzene rings is 2. The van der Waals surface area contributed by atoms with E-state index < -0.39 is 0 Å². The first-order valence-electron chi connectivity index (χ1n) is 11.4. The summed E-state index contributed by atoms with van der Waals surface area (Å²) in [6.07, 6.45) is 5.19. The van der Waals surface area contributed by atoms with Crippen molar-refractivity contribution in [1.82, 2.24) is 9.47 Å². The first-order chi connectivity index (χ1) is 16.1. The van der Waals surface area contributed by atoms with Gasteiger partial charge in [-0.3, -0.25) is 4.79 Å². The zero-order valence-electron chi connectivity index (χ0n) is 20.0. The van der Waals surface area contributed by atoms with E-state index in [0.717, 1.165) is 36.3 Å². The summed E-state index contributed by atoms with van der Waals surface area (Å²) in [5.74, 6) is 2.02. The number of amides is 1. The number of rotatable bonds is 12. The van der Waals surface area contributed by atoms with Gasteiger partial charge >= 0.3 is 0 Å². The predicted octanol–water partition coefficient (Wildman–Crippen LogP) is 5.39. The number of carbonyl (C=O) groups excluding carboxylic acids is 1. The summed E-state index contributed by atoms with van der Waals surface area (Å²) in [6, 6.07) is 17.5. The Bertz CT molecular complexity index is 1020. The summed E-state index contributed by atoms with van der Waals surface area (Å²) in [6.45, 7) is 4.09. The summed E-state index contributed by atoms with van der Waals surface area (Å²) >= 11 is 0. The average Bonchev–Trinajstić information content (AvgIpc) is 3.29. The molecule has 0 radical (unpaired) electrons. The molecule has 0 aliphatic rings. The molecule has 0 aliphatic heterocycles. The Morgan fingerprint density at radius 2 is 1.61 bits per heavy atom. The van der Waals surface area contributed by atoms with Crippen LogP contribution in [0.2, 0.25) is 0 Å². The number of methoxy groups -OCH3 is 3. The number of carbonyl (C=O) groups is 1. The van der Waals surface area contributed by atoms with Gasteiger partial charge in [0.15, 0.2) is 0 Å². The van der Waals surface area contributed by atoms with Gasteiger partial charge in [-0.25, -0.2) is 0 Å². The maximum atomic E-state index is 13.5. The first-order valence-corrected chi connectivity index (χ1v) is 11.4. The van der Waals surface area contributed by atoms with Gasteiger partial charge in [0.1, 0.15) is 17.2 Å². The summed E-state index contributed by atoms with van der Waals surface area (Å²) < 4.78 is 18.3. The molecule has 3 rings (SSSR count). The summed E-state index contributed by atoms with van der Waals surface area (Å²) in [4.78, 5) is 15.5. The molecule has 0 bridgehead atoms.